The number of amides is 1. The van der Waals surface area contributed by atoms with Crippen molar-refractivity contribution in [1.82, 2.24) is 24.5 Å². The molecule has 0 saturated carbocycles. The van der Waals surface area contributed by atoms with Crippen molar-refractivity contribution in [3.8, 4) is 5.75 Å². The Hall–Kier alpha value is -3.94. The van der Waals surface area contributed by atoms with Crippen LogP contribution in [0.5, 0.6) is 5.75 Å². The van der Waals surface area contributed by atoms with Gasteiger partial charge < -0.3 is 14.5 Å². The maximum atomic E-state index is 13.1. The molecule has 2 aromatic carbocycles. The van der Waals surface area contributed by atoms with Crippen LogP contribution in [0.1, 0.15) is 27.2 Å². The molecule has 5 rings (SSSR count). The highest BCUT2D eigenvalue weighted by Crippen LogP contribution is 2.28. The van der Waals surface area contributed by atoms with E-state index < -0.39 is 0 Å². The zero-order valence-corrected chi connectivity index (χ0v) is 18.8. The summed E-state index contributed by atoms with van der Waals surface area (Å²) in [6, 6.07) is 17.7. The minimum Gasteiger partial charge on any atom is -0.496 e. The van der Waals surface area contributed by atoms with Gasteiger partial charge in [-0.3, -0.25) is 4.79 Å². The topological polar surface area (TPSA) is 75.9 Å². The first-order valence-electron chi connectivity index (χ1n) is 11.1. The van der Waals surface area contributed by atoms with E-state index in [2.05, 4.69) is 32.1 Å². The van der Waals surface area contributed by atoms with Gasteiger partial charge in [-0.25, -0.2) is 4.98 Å². The van der Waals surface area contributed by atoms with Crippen molar-refractivity contribution in [3.05, 3.63) is 83.3 Å². The minimum absolute atomic E-state index is 0.00609. The Morgan fingerprint density at radius 1 is 1.00 bits per heavy atom. The number of aromatic nitrogens is 4. The van der Waals surface area contributed by atoms with Crippen molar-refractivity contribution in [2.24, 2.45) is 0 Å². The largest absolute Gasteiger partial charge is 0.496 e. The predicted octanol–water partition coefficient (Wildman–Crippen LogP) is 2.99. The van der Waals surface area contributed by atoms with Gasteiger partial charge in [-0.15, -0.1) is 0 Å². The minimum atomic E-state index is -0.00609. The van der Waals surface area contributed by atoms with E-state index in [9.17, 15) is 4.79 Å². The Labute approximate surface area is 192 Å². The van der Waals surface area contributed by atoms with Crippen LogP contribution < -0.4 is 9.64 Å². The standard InChI is InChI=1S/C25H26N6O2/c1-18-21(16-19-8-4-3-5-9-19)23(31-25(28-18)26-17-27-31)29-12-14-30(15-13-29)24(32)20-10-6-7-11-22(20)33-2/h3-11,17H,12-16H2,1-2H3. The maximum absolute atomic E-state index is 13.1. The highest BCUT2D eigenvalue weighted by molar-refractivity contribution is 5.97. The fourth-order valence-corrected chi connectivity index (χ4v) is 4.41. The van der Waals surface area contributed by atoms with Crippen LogP contribution in [0.2, 0.25) is 0 Å². The number of fused-ring (bicyclic) bond motifs is 1. The van der Waals surface area contributed by atoms with Gasteiger partial charge in [0.05, 0.1) is 12.7 Å². The van der Waals surface area contributed by atoms with Crippen LogP contribution in [-0.4, -0.2) is 63.7 Å². The number of methoxy groups -OCH3 is 1. The van der Waals surface area contributed by atoms with Crippen molar-refractivity contribution < 1.29 is 9.53 Å². The number of hydrogen-bond donors (Lipinski definition) is 0. The van der Waals surface area contributed by atoms with Gasteiger partial charge in [-0.05, 0) is 24.6 Å². The molecule has 2 aromatic heterocycles. The van der Waals surface area contributed by atoms with E-state index in [0.717, 1.165) is 23.5 Å². The van der Waals surface area contributed by atoms with Crippen molar-refractivity contribution in [1.29, 1.82) is 0 Å². The van der Waals surface area contributed by atoms with E-state index in [0.29, 0.717) is 43.3 Å². The average molecular weight is 443 g/mol. The predicted molar refractivity (Wildman–Crippen MR) is 126 cm³/mol. The van der Waals surface area contributed by atoms with Gasteiger partial charge in [-0.1, -0.05) is 42.5 Å². The number of anilines is 1. The molecule has 0 spiro atoms. The summed E-state index contributed by atoms with van der Waals surface area (Å²) >= 11 is 0. The molecular formula is C25H26N6O2. The first-order valence-corrected chi connectivity index (χ1v) is 11.1. The van der Waals surface area contributed by atoms with Crippen molar-refractivity contribution in [2.45, 2.75) is 13.3 Å². The number of aryl methyl sites for hydroxylation is 1. The van der Waals surface area contributed by atoms with Crippen LogP contribution in [-0.2, 0) is 6.42 Å². The molecule has 0 unspecified atom stereocenters. The third kappa shape index (κ3) is 4.00. The normalized spacial score (nSPS) is 14.0. The summed E-state index contributed by atoms with van der Waals surface area (Å²) in [5, 5.41) is 4.47. The molecule has 33 heavy (non-hydrogen) atoms. The summed E-state index contributed by atoms with van der Waals surface area (Å²) in [5.41, 5.74) is 3.88. The smallest absolute Gasteiger partial charge is 0.257 e. The van der Waals surface area contributed by atoms with Gasteiger partial charge in [0, 0.05) is 43.9 Å². The molecular weight excluding hydrogens is 416 g/mol. The molecule has 1 fully saturated rings. The second-order valence-electron chi connectivity index (χ2n) is 8.11. The lowest BCUT2D eigenvalue weighted by molar-refractivity contribution is 0.0743. The highest BCUT2D eigenvalue weighted by atomic mass is 16.5. The first kappa shape index (κ1) is 20.9. The maximum Gasteiger partial charge on any atom is 0.257 e. The van der Waals surface area contributed by atoms with Gasteiger partial charge in [0.1, 0.15) is 17.9 Å². The lowest BCUT2D eigenvalue weighted by Crippen LogP contribution is -2.49. The number of benzene rings is 2. The first-order chi connectivity index (χ1) is 16.2. The lowest BCUT2D eigenvalue weighted by atomic mass is 10.0. The Bertz CT molecular complexity index is 1280. The number of carbonyl (C=O) groups excluding carboxylic acids is 1. The van der Waals surface area contributed by atoms with Gasteiger partial charge in [0.2, 0.25) is 0 Å². The zero-order chi connectivity index (χ0) is 22.8. The van der Waals surface area contributed by atoms with E-state index in [-0.39, 0.29) is 5.91 Å². The molecule has 1 aliphatic heterocycles. The van der Waals surface area contributed by atoms with Crippen LogP contribution in [0.15, 0.2) is 60.9 Å². The lowest BCUT2D eigenvalue weighted by Gasteiger charge is -2.37. The number of para-hydroxylation sites is 1. The summed E-state index contributed by atoms with van der Waals surface area (Å²) in [7, 11) is 1.59. The molecule has 168 valence electrons. The van der Waals surface area contributed by atoms with E-state index in [1.807, 2.05) is 58.8 Å². The van der Waals surface area contributed by atoms with Crippen LogP contribution in [0.25, 0.3) is 5.78 Å². The fourth-order valence-electron chi connectivity index (χ4n) is 4.41. The van der Waals surface area contributed by atoms with E-state index in [1.165, 1.54) is 5.56 Å². The number of rotatable bonds is 5. The van der Waals surface area contributed by atoms with Crippen LogP contribution in [0.4, 0.5) is 5.82 Å². The zero-order valence-electron chi connectivity index (χ0n) is 18.8. The molecule has 1 amide bonds. The van der Waals surface area contributed by atoms with Gasteiger partial charge >= 0.3 is 0 Å². The molecule has 3 heterocycles. The molecule has 0 aliphatic carbocycles. The summed E-state index contributed by atoms with van der Waals surface area (Å²) in [5.74, 6) is 2.19. The number of ether oxygens (including phenoxy) is 1. The van der Waals surface area contributed by atoms with Gasteiger partial charge in [0.25, 0.3) is 11.7 Å². The molecule has 1 saturated heterocycles. The molecule has 0 N–H and O–H groups in total. The molecule has 0 atom stereocenters. The summed E-state index contributed by atoms with van der Waals surface area (Å²) in [6.07, 6.45) is 2.30. The van der Waals surface area contributed by atoms with Crippen LogP contribution in [0, 0.1) is 6.92 Å². The Morgan fingerprint density at radius 2 is 1.73 bits per heavy atom. The Morgan fingerprint density at radius 3 is 2.48 bits per heavy atom. The van der Waals surface area contributed by atoms with E-state index >= 15 is 0 Å². The molecule has 1 aliphatic rings. The molecule has 8 nitrogen and oxygen atoms in total. The second-order valence-corrected chi connectivity index (χ2v) is 8.11. The van der Waals surface area contributed by atoms with Crippen molar-refractivity contribution in [2.75, 3.05) is 38.2 Å². The summed E-state index contributed by atoms with van der Waals surface area (Å²) in [4.78, 5) is 26.3. The SMILES string of the molecule is COc1ccccc1C(=O)N1CCN(c2c(Cc3ccccc3)c(C)nc3ncnn23)CC1. The number of hydrogen-bond acceptors (Lipinski definition) is 6. The van der Waals surface area contributed by atoms with E-state index in [4.69, 9.17) is 4.74 Å². The van der Waals surface area contributed by atoms with Gasteiger partial charge in [0.15, 0.2) is 0 Å². The Balaban J connectivity index is 1.43. The Kier molecular flexibility index (Phi) is 5.64. The summed E-state index contributed by atoms with van der Waals surface area (Å²) in [6.45, 7) is 4.64. The van der Waals surface area contributed by atoms with Gasteiger partial charge in [-0.2, -0.15) is 14.6 Å². The second kappa shape index (κ2) is 8.90. The number of carbonyl (C=O) groups is 1. The van der Waals surface area contributed by atoms with Crippen molar-refractivity contribution in [3.63, 3.8) is 0 Å². The third-order valence-corrected chi connectivity index (χ3v) is 6.13. The summed E-state index contributed by atoms with van der Waals surface area (Å²) < 4.78 is 7.21. The highest BCUT2D eigenvalue weighted by Gasteiger charge is 2.27. The molecule has 4 aromatic rings. The van der Waals surface area contributed by atoms with Crippen LogP contribution >= 0.6 is 0 Å². The third-order valence-electron chi connectivity index (χ3n) is 6.13. The number of piperazine rings is 1. The molecule has 0 bridgehead atoms. The fraction of sp³-hybridized carbons (Fsp3) is 0.280. The van der Waals surface area contributed by atoms with Crippen LogP contribution in [0.3, 0.4) is 0 Å². The van der Waals surface area contributed by atoms with Crippen molar-refractivity contribution >= 4 is 17.5 Å². The average Bonchev–Trinajstić information content (AvgIpc) is 3.32. The number of nitrogens with zero attached hydrogens (tertiary/aromatic N) is 6. The van der Waals surface area contributed by atoms with E-state index in [1.54, 1.807) is 13.4 Å². The quantitative estimate of drug-likeness (QED) is 0.473. The molecule has 8 heteroatoms. The molecule has 0 radical (unpaired) electrons. The monoisotopic (exact) mass is 442 g/mol.